The van der Waals surface area contributed by atoms with Crippen LogP contribution in [0, 0.1) is 5.82 Å². The lowest BCUT2D eigenvalue weighted by Gasteiger charge is -2.28. The highest BCUT2D eigenvalue weighted by atomic mass is 32.1. The van der Waals surface area contributed by atoms with Crippen molar-refractivity contribution >= 4 is 23.1 Å². The third-order valence-electron chi connectivity index (χ3n) is 2.97. The van der Waals surface area contributed by atoms with Crippen LogP contribution in [0.15, 0.2) is 24.3 Å². The predicted octanol–water partition coefficient (Wildman–Crippen LogP) is 1.87. The van der Waals surface area contributed by atoms with E-state index in [0.29, 0.717) is 43.4 Å². The zero-order valence-electron chi connectivity index (χ0n) is 9.99. The van der Waals surface area contributed by atoms with Gasteiger partial charge in [0, 0.05) is 32.5 Å². The second kappa shape index (κ2) is 5.91. The third kappa shape index (κ3) is 3.50. The van der Waals surface area contributed by atoms with E-state index in [2.05, 4.69) is 5.32 Å². The molecule has 3 nitrogen and oxygen atoms in total. The highest BCUT2D eigenvalue weighted by molar-refractivity contribution is 7.80. The van der Waals surface area contributed by atoms with E-state index in [4.69, 9.17) is 12.2 Å². The molecule has 2 rings (SSSR count). The van der Waals surface area contributed by atoms with Crippen molar-refractivity contribution in [3.63, 3.8) is 0 Å². The molecule has 96 valence electrons. The highest BCUT2D eigenvalue weighted by Gasteiger charge is 2.17. The maximum atomic E-state index is 12.7. The monoisotopic (exact) mass is 266 g/mol. The molecule has 0 aromatic heterocycles. The zero-order chi connectivity index (χ0) is 13.0. The minimum atomic E-state index is -0.240. The van der Waals surface area contributed by atoms with Gasteiger partial charge < -0.3 is 10.2 Å². The van der Waals surface area contributed by atoms with E-state index in [9.17, 15) is 9.18 Å². The molecule has 0 bridgehead atoms. The fourth-order valence-electron chi connectivity index (χ4n) is 1.85. The summed E-state index contributed by atoms with van der Waals surface area (Å²) in [6.07, 6.45) is 1.14. The normalized spacial score (nSPS) is 15.6. The van der Waals surface area contributed by atoms with Gasteiger partial charge in [0.1, 0.15) is 11.6 Å². The summed E-state index contributed by atoms with van der Waals surface area (Å²) in [4.78, 5) is 13.1. The fourth-order valence-corrected chi connectivity index (χ4v) is 2.11. The van der Waals surface area contributed by atoms with Crippen molar-refractivity contribution in [3.8, 4) is 0 Å². The Morgan fingerprint density at radius 2 is 1.89 bits per heavy atom. The Morgan fingerprint density at radius 3 is 2.50 bits per heavy atom. The van der Waals surface area contributed by atoms with E-state index in [1.54, 1.807) is 12.1 Å². The van der Waals surface area contributed by atoms with Crippen molar-refractivity contribution in [2.75, 3.05) is 13.1 Å². The lowest BCUT2D eigenvalue weighted by Crippen LogP contribution is -2.44. The summed E-state index contributed by atoms with van der Waals surface area (Å²) < 4.78 is 12.7. The van der Waals surface area contributed by atoms with E-state index in [1.165, 1.54) is 12.1 Å². The number of thiocarbonyl (C=S) groups is 1. The molecule has 1 aromatic carbocycles. The number of Topliss-reactive ketones (excluding diaryl/α,β-unsaturated/α-hetero) is 1. The molecule has 0 spiro atoms. The Hall–Kier alpha value is -1.49. The van der Waals surface area contributed by atoms with Crippen molar-refractivity contribution in [2.24, 2.45) is 0 Å². The maximum absolute atomic E-state index is 12.7. The van der Waals surface area contributed by atoms with Crippen molar-refractivity contribution in [3.05, 3.63) is 35.6 Å². The van der Waals surface area contributed by atoms with E-state index in [0.717, 1.165) is 5.56 Å². The van der Waals surface area contributed by atoms with Crippen molar-refractivity contribution in [1.29, 1.82) is 0 Å². The van der Waals surface area contributed by atoms with Crippen LogP contribution in [0.3, 0.4) is 0 Å². The van der Waals surface area contributed by atoms with Gasteiger partial charge in [-0.1, -0.05) is 12.1 Å². The van der Waals surface area contributed by atoms with Crippen LogP contribution in [-0.4, -0.2) is 28.9 Å². The van der Waals surface area contributed by atoms with Crippen LogP contribution >= 0.6 is 12.2 Å². The first kappa shape index (κ1) is 13.0. The number of piperidine rings is 1. The van der Waals surface area contributed by atoms with Gasteiger partial charge in [-0.2, -0.15) is 0 Å². The summed E-state index contributed by atoms with van der Waals surface area (Å²) in [5.41, 5.74) is 0.979. The second-order valence-corrected chi connectivity index (χ2v) is 4.70. The quantitative estimate of drug-likeness (QED) is 0.828. The molecule has 1 saturated heterocycles. The first-order valence-corrected chi connectivity index (χ1v) is 6.35. The lowest BCUT2D eigenvalue weighted by molar-refractivity contribution is -0.120. The molecule has 0 atom stereocenters. The van der Waals surface area contributed by atoms with Crippen LogP contribution in [0.5, 0.6) is 0 Å². The number of hydrogen-bond donors (Lipinski definition) is 1. The fraction of sp³-hybridized carbons (Fsp3) is 0.385. The lowest BCUT2D eigenvalue weighted by atomic mass is 10.1. The number of nitrogens with zero attached hydrogens (tertiary/aromatic N) is 1. The first-order valence-electron chi connectivity index (χ1n) is 5.94. The van der Waals surface area contributed by atoms with E-state index >= 15 is 0 Å². The van der Waals surface area contributed by atoms with Crippen molar-refractivity contribution in [2.45, 2.75) is 19.4 Å². The largest absolute Gasteiger partial charge is 0.358 e. The van der Waals surface area contributed by atoms with Crippen molar-refractivity contribution < 1.29 is 9.18 Å². The van der Waals surface area contributed by atoms with Crippen LogP contribution in [0.4, 0.5) is 4.39 Å². The second-order valence-electron chi connectivity index (χ2n) is 4.31. The van der Waals surface area contributed by atoms with Gasteiger partial charge in [-0.15, -0.1) is 0 Å². The summed E-state index contributed by atoms with van der Waals surface area (Å²) in [6, 6.07) is 6.31. The van der Waals surface area contributed by atoms with Gasteiger partial charge in [0.15, 0.2) is 5.11 Å². The van der Waals surface area contributed by atoms with E-state index in [-0.39, 0.29) is 5.82 Å². The van der Waals surface area contributed by atoms with Crippen LogP contribution < -0.4 is 5.32 Å². The number of carbonyl (C=O) groups excluding carboxylic acids is 1. The summed E-state index contributed by atoms with van der Waals surface area (Å²) in [6.45, 7) is 1.95. The Kier molecular flexibility index (Phi) is 4.25. The summed E-state index contributed by atoms with van der Waals surface area (Å²) in [7, 11) is 0. The molecule has 0 unspecified atom stereocenters. The Balaban J connectivity index is 1.81. The topological polar surface area (TPSA) is 32.3 Å². The van der Waals surface area contributed by atoms with Crippen LogP contribution in [-0.2, 0) is 11.3 Å². The molecule has 0 amide bonds. The molecule has 1 fully saturated rings. The summed E-state index contributed by atoms with van der Waals surface area (Å²) >= 11 is 5.27. The van der Waals surface area contributed by atoms with Crippen LogP contribution in [0.1, 0.15) is 18.4 Å². The molecule has 1 N–H and O–H groups in total. The maximum Gasteiger partial charge on any atom is 0.169 e. The standard InChI is InChI=1S/C13H15FN2OS/c14-11-3-1-10(2-4-11)9-15-13(18)16-7-5-12(17)6-8-16/h1-4H,5-9H2,(H,15,18). The molecule has 1 aromatic rings. The Morgan fingerprint density at radius 1 is 1.28 bits per heavy atom. The predicted molar refractivity (Wildman–Crippen MR) is 71.7 cm³/mol. The average Bonchev–Trinajstić information content (AvgIpc) is 2.38. The van der Waals surface area contributed by atoms with Gasteiger partial charge in [-0.25, -0.2) is 4.39 Å². The highest BCUT2D eigenvalue weighted by Crippen LogP contribution is 2.07. The molecule has 1 aliphatic heterocycles. The number of hydrogen-bond acceptors (Lipinski definition) is 2. The van der Waals surface area contributed by atoms with Gasteiger partial charge in [0.2, 0.25) is 0 Å². The summed E-state index contributed by atoms with van der Waals surface area (Å²) in [5.74, 6) is 0.0588. The summed E-state index contributed by atoms with van der Waals surface area (Å²) in [5, 5.41) is 3.79. The number of halogens is 1. The molecule has 1 heterocycles. The first-order chi connectivity index (χ1) is 8.65. The number of rotatable bonds is 2. The molecule has 0 radical (unpaired) electrons. The molecular weight excluding hydrogens is 251 g/mol. The Bertz CT molecular complexity index is 437. The molecule has 0 saturated carbocycles. The van der Waals surface area contributed by atoms with Gasteiger partial charge in [0.25, 0.3) is 0 Å². The van der Waals surface area contributed by atoms with Crippen LogP contribution in [0.2, 0.25) is 0 Å². The number of benzene rings is 1. The molecule has 1 aliphatic rings. The Labute approximate surface area is 111 Å². The number of carbonyl (C=O) groups is 1. The van der Waals surface area contributed by atoms with E-state index in [1.807, 2.05) is 4.90 Å². The average molecular weight is 266 g/mol. The number of likely N-dealkylation sites (tertiary alicyclic amines) is 1. The van der Waals surface area contributed by atoms with Gasteiger partial charge in [0.05, 0.1) is 0 Å². The number of nitrogens with one attached hydrogen (secondary N) is 1. The minimum Gasteiger partial charge on any atom is -0.358 e. The van der Waals surface area contributed by atoms with Gasteiger partial charge in [-0.3, -0.25) is 4.79 Å². The molecule has 5 heteroatoms. The minimum absolute atomic E-state index is 0.240. The van der Waals surface area contributed by atoms with Gasteiger partial charge >= 0.3 is 0 Å². The number of ketones is 1. The van der Waals surface area contributed by atoms with Crippen LogP contribution in [0.25, 0.3) is 0 Å². The van der Waals surface area contributed by atoms with E-state index < -0.39 is 0 Å². The molecule has 0 aliphatic carbocycles. The SMILES string of the molecule is O=C1CCN(C(=S)NCc2ccc(F)cc2)CC1. The molecular formula is C13H15FN2OS. The molecule has 18 heavy (non-hydrogen) atoms. The smallest absolute Gasteiger partial charge is 0.169 e. The third-order valence-corrected chi connectivity index (χ3v) is 3.37. The van der Waals surface area contributed by atoms with Crippen molar-refractivity contribution in [1.82, 2.24) is 10.2 Å². The zero-order valence-corrected chi connectivity index (χ0v) is 10.8. The van der Waals surface area contributed by atoms with Gasteiger partial charge in [-0.05, 0) is 29.9 Å².